The van der Waals surface area contributed by atoms with Gasteiger partial charge in [-0.1, -0.05) is 32.0 Å². The maximum absolute atomic E-state index is 12.4. The molecule has 0 saturated heterocycles. The molecule has 0 aliphatic carbocycles. The van der Waals surface area contributed by atoms with Crippen LogP contribution >= 0.6 is 0 Å². The van der Waals surface area contributed by atoms with E-state index < -0.39 is 6.04 Å². The number of para-hydroxylation sites is 1. The van der Waals surface area contributed by atoms with E-state index in [0.29, 0.717) is 12.3 Å². The first-order valence-corrected chi connectivity index (χ1v) is 7.03. The fourth-order valence-corrected chi connectivity index (χ4v) is 2.28. The van der Waals surface area contributed by atoms with Gasteiger partial charge in [-0.25, -0.2) is 0 Å². The first-order chi connectivity index (χ1) is 9.38. The Bertz CT molecular complexity index is 446. The number of benzene rings is 1. The molecule has 0 radical (unpaired) electrons. The predicted octanol–water partition coefficient (Wildman–Crippen LogP) is 2.59. The van der Waals surface area contributed by atoms with Gasteiger partial charge in [0.15, 0.2) is 0 Å². The lowest BCUT2D eigenvalue weighted by Gasteiger charge is -2.29. The number of ether oxygens (including phenoxy) is 1. The van der Waals surface area contributed by atoms with Crippen molar-refractivity contribution in [3.63, 3.8) is 0 Å². The fraction of sp³-hybridized carbons (Fsp3) is 0.562. The zero-order valence-corrected chi connectivity index (χ0v) is 13.1. The number of likely N-dealkylation sites (N-methyl/N-ethyl adjacent to an activating group) is 1. The van der Waals surface area contributed by atoms with Gasteiger partial charge in [0.25, 0.3) is 0 Å². The molecular formula is C16H26N2O2. The number of carbonyl (C=O) groups excluding carboxylic acids is 1. The molecule has 1 rings (SSSR count). The predicted molar refractivity (Wildman–Crippen MR) is 81.6 cm³/mol. The maximum atomic E-state index is 12.4. The van der Waals surface area contributed by atoms with E-state index in [-0.39, 0.29) is 11.9 Å². The molecule has 0 fully saturated rings. The molecule has 0 heterocycles. The van der Waals surface area contributed by atoms with Crippen molar-refractivity contribution >= 4 is 5.91 Å². The van der Waals surface area contributed by atoms with Crippen molar-refractivity contribution in [2.75, 3.05) is 14.2 Å². The number of hydrogen-bond donors (Lipinski definition) is 1. The molecule has 0 aliphatic heterocycles. The summed E-state index contributed by atoms with van der Waals surface area (Å²) in [4.78, 5) is 14.1. The van der Waals surface area contributed by atoms with Gasteiger partial charge in [0.05, 0.1) is 19.2 Å². The van der Waals surface area contributed by atoms with Gasteiger partial charge in [-0.2, -0.15) is 0 Å². The van der Waals surface area contributed by atoms with E-state index in [1.54, 1.807) is 19.1 Å². The largest absolute Gasteiger partial charge is 0.496 e. The second kappa shape index (κ2) is 7.29. The standard InChI is InChI=1S/C16H26N2O2/c1-11(2)10-14(17)16(19)18(4)12(3)13-8-6-7-9-15(13)20-5/h6-9,11-12,14H,10,17H2,1-5H3/t12?,14-/m0/s1. The molecule has 2 atom stereocenters. The number of carbonyl (C=O) groups is 1. The van der Waals surface area contributed by atoms with Gasteiger partial charge in [0.2, 0.25) is 5.91 Å². The summed E-state index contributed by atoms with van der Waals surface area (Å²) in [6, 6.07) is 7.22. The van der Waals surface area contributed by atoms with Crippen LogP contribution in [-0.4, -0.2) is 31.0 Å². The van der Waals surface area contributed by atoms with Crippen molar-refractivity contribution in [1.82, 2.24) is 4.90 Å². The van der Waals surface area contributed by atoms with E-state index >= 15 is 0 Å². The van der Waals surface area contributed by atoms with E-state index in [1.165, 1.54) is 0 Å². The van der Waals surface area contributed by atoms with Gasteiger partial charge in [-0.3, -0.25) is 4.79 Å². The van der Waals surface area contributed by atoms with Gasteiger partial charge in [-0.15, -0.1) is 0 Å². The normalized spacial score (nSPS) is 13.9. The zero-order valence-electron chi connectivity index (χ0n) is 13.1. The van der Waals surface area contributed by atoms with Crippen molar-refractivity contribution in [3.05, 3.63) is 29.8 Å². The molecule has 0 bridgehead atoms. The van der Waals surface area contributed by atoms with Crippen LogP contribution in [0.1, 0.15) is 38.8 Å². The van der Waals surface area contributed by atoms with Crippen LogP contribution in [0.25, 0.3) is 0 Å². The Hall–Kier alpha value is -1.55. The second-order valence-corrected chi connectivity index (χ2v) is 5.60. The molecule has 1 aromatic carbocycles. The first kappa shape index (κ1) is 16.5. The topological polar surface area (TPSA) is 55.6 Å². The monoisotopic (exact) mass is 278 g/mol. The number of methoxy groups -OCH3 is 1. The highest BCUT2D eigenvalue weighted by Gasteiger charge is 2.24. The zero-order chi connectivity index (χ0) is 15.3. The molecule has 1 amide bonds. The number of hydrogen-bond acceptors (Lipinski definition) is 3. The Morgan fingerprint density at radius 3 is 2.45 bits per heavy atom. The average molecular weight is 278 g/mol. The summed E-state index contributed by atoms with van der Waals surface area (Å²) < 4.78 is 5.35. The van der Waals surface area contributed by atoms with Gasteiger partial charge in [-0.05, 0) is 25.3 Å². The Kier molecular flexibility index (Phi) is 6.02. The third-order valence-corrected chi connectivity index (χ3v) is 3.56. The molecule has 112 valence electrons. The van der Waals surface area contributed by atoms with Crippen LogP contribution in [0, 0.1) is 5.92 Å². The molecule has 1 unspecified atom stereocenters. The van der Waals surface area contributed by atoms with Crippen molar-refractivity contribution in [2.45, 2.75) is 39.3 Å². The molecule has 1 aromatic rings. The van der Waals surface area contributed by atoms with Gasteiger partial charge in [0.1, 0.15) is 5.75 Å². The highest BCUT2D eigenvalue weighted by molar-refractivity contribution is 5.81. The van der Waals surface area contributed by atoms with Crippen LogP contribution < -0.4 is 10.5 Å². The molecule has 0 saturated carbocycles. The summed E-state index contributed by atoms with van der Waals surface area (Å²) in [5, 5.41) is 0. The lowest BCUT2D eigenvalue weighted by Crippen LogP contribution is -2.43. The fourth-order valence-electron chi connectivity index (χ4n) is 2.28. The minimum Gasteiger partial charge on any atom is -0.496 e. The molecule has 2 N–H and O–H groups in total. The summed E-state index contributed by atoms with van der Waals surface area (Å²) in [5.41, 5.74) is 6.97. The highest BCUT2D eigenvalue weighted by Crippen LogP contribution is 2.28. The molecule has 0 aromatic heterocycles. The smallest absolute Gasteiger partial charge is 0.239 e. The van der Waals surface area contributed by atoms with Crippen molar-refractivity contribution in [3.8, 4) is 5.75 Å². The van der Waals surface area contributed by atoms with E-state index in [9.17, 15) is 4.79 Å². The Morgan fingerprint density at radius 2 is 1.90 bits per heavy atom. The van der Waals surface area contributed by atoms with Gasteiger partial charge < -0.3 is 15.4 Å². The minimum absolute atomic E-state index is 0.0305. The minimum atomic E-state index is -0.447. The van der Waals surface area contributed by atoms with Crippen LogP contribution in [-0.2, 0) is 4.79 Å². The lowest BCUT2D eigenvalue weighted by molar-refractivity contribution is -0.133. The number of amides is 1. The molecule has 0 spiro atoms. The molecule has 20 heavy (non-hydrogen) atoms. The number of rotatable bonds is 6. The summed E-state index contributed by atoms with van der Waals surface area (Å²) >= 11 is 0. The maximum Gasteiger partial charge on any atom is 0.239 e. The molecule has 0 aliphatic rings. The Morgan fingerprint density at radius 1 is 1.30 bits per heavy atom. The number of nitrogens with two attached hydrogens (primary N) is 1. The summed E-state index contributed by atoms with van der Waals surface area (Å²) in [7, 11) is 3.43. The Balaban J connectivity index is 2.85. The van der Waals surface area contributed by atoms with Crippen molar-refractivity contribution in [1.29, 1.82) is 0 Å². The summed E-state index contributed by atoms with van der Waals surface area (Å²) in [5.74, 6) is 1.16. The van der Waals surface area contributed by atoms with Crippen LogP contribution in [0.3, 0.4) is 0 Å². The molecular weight excluding hydrogens is 252 g/mol. The van der Waals surface area contributed by atoms with Crippen LogP contribution in [0.2, 0.25) is 0 Å². The van der Waals surface area contributed by atoms with E-state index in [4.69, 9.17) is 10.5 Å². The third kappa shape index (κ3) is 3.97. The van der Waals surface area contributed by atoms with E-state index in [2.05, 4.69) is 13.8 Å². The first-order valence-electron chi connectivity index (χ1n) is 7.03. The summed E-state index contributed by atoms with van der Waals surface area (Å²) in [6.07, 6.45) is 0.696. The molecule has 4 nitrogen and oxygen atoms in total. The van der Waals surface area contributed by atoms with Crippen LogP contribution in [0.15, 0.2) is 24.3 Å². The van der Waals surface area contributed by atoms with Crippen LogP contribution in [0.4, 0.5) is 0 Å². The summed E-state index contributed by atoms with van der Waals surface area (Å²) in [6.45, 7) is 6.12. The van der Waals surface area contributed by atoms with E-state index in [0.717, 1.165) is 11.3 Å². The quantitative estimate of drug-likeness (QED) is 0.870. The number of nitrogens with zero attached hydrogens (tertiary/aromatic N) is 1. The van der Waals surface area contributed by atoms with Crippen molar-refractivity contribution in [2.24, 2.45) is 11.7 Å². The SMILES string of the molecule is COc1ccccc1C(C)N(C)C(=O)[C@@H](N)CC(C)C. The lowest BCUT2D eigenvalue weighted by atomic mass is 10.0. The van der Waals surface area contributed by atoms with Crippen LogP contribution in [0.5, 0.6) is 5.75 Å². The van der Waals surface area contributed by atoms with E-state index in [1.807, 2.05) is 31.2 Å². The Labute approximate surface area is 121 Å². The van der Waals surface area contributed by atoms with Gasteiger partial charge >= 0.3 is 0 Å². The third-order valence-electron chi connectivity index (χ3n) is 3.56. The average Bonchev–Trinajstić information content (AvgIpc) is 2.44. The van der Waals surface area contributed by atoms with Gasteiger partial charge in [0, 0.05) is 12.6 Å². The molecule has 4 heteroatoms. The van der Waals surface area contributed by atoms with Crippen molar-refractivity contribution < 1.29 is 9.53 Å². The highest BCUT2D eigenvalue weighted by atomic mass is 16.5. The second-order valence-electron chi connectivity index (χ2n) is 5.60.